The Hall–Kier alpha value is -2.87. The lowest BCUT2D eigenvalue weighted by Crippen LogP contribution is -2.38. The minimum atomic E-state index is -3.60. The lowest BCUT2D eigenvalue weighted by atomic mass is 9.75. The number of hydrogen-bond donors (Lipinski definition) is 3. The molecule has 0 fully saturated rings. The molecule has 0 aromatic heterocycles. The van der Waals surface area contributed by atoms with Gasteiger partial charge in [0.25, 0.3) is 0 Å². The van der Waals surface area contributed by atoms with Crippen LogP contribution in [0.3, 0.4) is 0 Å². The maximum atomic E-state index is 13.2. The van der Waals surface area contributed by atoms with Gasteiger partial charge in [-0.05, 0) is 53.9 Å². The zero-order valence-corrected chi connectivity index (χ0v) is 21.5. The third-order valence-corrected chi connectivity index (χ3v) is 8.83. The molecule has 4 rings (SSSR count). The number of sulfone groups is 1. The lowest BCUT2D eigenvalue weighted by Gasteiger charge is -2.33. The van der Waals surface area contributed by atoms with Gasteiger partial charge < -0.3 is 15.7 Å². The number of urea groups is 1. The number of benzene rings is 3. The number of aliphatic hydroxyl groups excluding tert-OH is 1. The molecule has 0 aliphatic carbocycles. The number of halogens is 1. The van der Waals surface area contributed by atoms with Gasteiger partial charge in [0.15, 0.2) is 9.84 Å². The zero-order valence-electron chi connectivity index (χ0n) is 19.9. The first kappa shape index (κ1) is 25.2. The highest BCUT2D eigenvalue weighted by molar-refractivity contribution is 7.91. The third-order valence-electron chi connectivity index (χ3n) is 6.36. The first-order valence-electron chi connectivity index (χ1n) is 11.3. The second-order valence-corrected chi connectivity index (χ2v) is 12.0. The number of hydrogen-bond acceptors (Lipinski definition) is 4. The number of aliphatic hydroxyl groups is 1. The van der Waals surface area contributed by atoms with Crippen LogP contribution in [0, 0.1) is 12.3 Å². The SMILES string of the molecule is Cc1ccc2c(c1)[C@@H](c1cccc(NC(=O)Nc3cccc(CCl)c3)c1)[C@@H](O)C(C)(C)CS2(=O)=O. The second kappa shape index (κ2) is 9.64. The monoisotopic (exact) mass is 512 g/mol. The van der Waals surface area contributed by atoms with Crippen molar-refractivity contribution < 1.29 is 18.3 Å². The van der Waals surface area contributed by atoms with E-state index < -0.39 is 33.3 Å². The summed E-state index contributed by atoms with van der Waals surface area (Å²) in [7, 11) is -3.60. The van der Waals surface area contributed by atoms with Gasteiger partial charge in [-0.25, -0.2) is 13.2 Å². The van der Waals surface area contributed by atoms with Crippen LogP contribution < -0.4 is 10.6 Å². The molecule has 0 spiro atoms. The van der Waals surface area contributed by atoms with Crippen molar-refractivity contribution in [2.75, 3.05) is 16.4 Å². The van der Waals surface area contributed by atoms with E-state index in [1.807, 2.05) is 31.2 Å². The fourth-order valence-electron chi connectivity index (χ4n) is 4.67. The zero-order chi connectivity index (χ0) is 25.4. The number of nitrogens with one attached hydrogen (secondary N) is 2. The summed E-state index contributed by atoms with van der Waals surface area (Å²) in [6.45, 7) is 5.44. The molecule has 3 N–H and O–H groups in total. The Labute approximate surface area is 211 Å². The third kappa shape index (κ3) is 5.37. The number of fused-ring (bicyclic) bond motifs is 1. The van der Waals surface area contributed by atoms with Gasteiger partial charge in [-0.1, -0.05) is 55.8 Å². The van der Waals surface area contributed by atoms with E-state index >= 15 is 0 Å². The van der Waals surface area contributed by atoms with E-state index in [9.17, 15) is 18.3 Å². The number of aryl methyl sites for hydroxylation is 1. The van der Waals surface area contributed by atoms with Crippen LogP contribution in [0.15, 0.2) is 71.6 Å². The number of carbonyl (C=O) groups is 1. The van der Waals surface area contributed by atoms with Crippen molar-refractivity contribution in [3.63, 3.8) is 0 Å². The summed E-state index contributed by atoms with van der Waals surface area (Å²) in [5.41, 5.74) is 3.35. The summed E-state index contributed by atoms with van der Waals surface area (Å²) in [4.78, 5) is 12.9. The number of amides is 2. The van der Waals surface area contributed by atoms with Crippen LogP contribution in [0.5, 0.6) is 0 Å². The summed E-state index contributed by atoms with van der Waals surface area (Å²) < 4.78 is 26.4. The average Bonchev–Trinajstić information content (AvgIpc) is 2.84. The van der Waals surface area contributed by atoms with Crippen molar-refractivity contribution in [3.05, 3.63) is 89.0 Å². The van der Waals surface area contributed by atoms with Gasteiger partial charge in [0, 0.05) is 28.6 Å². The van der Waals surface area contributed by atoms with Crippen molar-refractivity contribution in [1.82, 2.24) is 0 Å². The predicted octanol–water partition coefficient (Wildman–Crippen LogP) is 5.68. The predicted molar refractivity (Wildman–Crippen MR) is 140 cm³/mol. The van der Waals surface area contributed by atoms with Gasteiger partial charge in [0.2, 0.25) is 0 Å². The fourth-order valence-corrected chi connectivity index (χ4v) is 6.96. The van der Waals surface area contributed by atoms with Crippen molar-refractivity contribution >= 4 is 38.8 Å². The molecule has 0 radical (unpaired) electrons. The molecule has 6 nitrogen and oxygen atoms in total. The maximum Gasteiger partial charge on any atom is 0.323 e. The molecule has 3 aromatic rings. The molecule has 1 heterocycles. The van der Waals surface area contributed by atoms with E-state index in [1.165, 1.54) is 0 Å². The van der Waals surface area contributed by atoms with Crippen LogP contribution in [0.25, 0.3) is 0 Å². The van der Waals surface area contributed by atoms with Gasteiger partial charge in [0.1, 0.15) is 0 Å². The van der Waals surface area contributed by atoms with Crippen molar-refractivity contribution in [1.29, 1.82) is 0 Å². The van der Waals surface area contributed by atoms with Crippen LogP contribution in [0.1, 0.15) is 42.0 Å². The minimum Gasteiger partial charge on any atom is -0.392 e. The summed E-state index contributed by atoms with van der Waals surface area (Å²) >= 11 is 5.88. The number of anilines is 2. The number of alkyl halides is 1. The molecule has 0 saturated carbocycles. The van der Waals surface area contributed by atoms with E-state index in [0.29, 0.717) is 22.8 Å². The standard InChI is InChI=1S/C27H29ClN2O4S/c1-17-10-11-23-22(12-17)24(25(31)27(2,3)16-35(23,33)34)19-7-5-9-21(14-19)30-26(32)29-20-8-4-6-18(13-20)15-28/h4-14,24-25,31H,15-16H2,1-3H3,(H2,29,30,32)/t24-,25-/m1/s1. The molecule has 0 unspecified atom stereocenters. The fraction of sp³-hybridized carbons (Fsp3) is 0.296. The number of carbonyl (C=O) groups excluding carboxylic acids is 1. The highest BCUT2D eigenvalue weighted by Crippen LogP contribution is 2.45. The molecule has 184 valence electrons. The molecule has 0 saturated heterocycles. The molecule has 0 bridgehead atoms. The molecular formula is C27H29ClN2O4S. The molecule has 8 heteroatoms. The Balaban J connectivity index is 1.69. The summed E-state index contributed by atoms with van der Waals surface area (Å²) in [6.07, 6.45) is -0.956. The van der Waals surface area contributed by atoms with E-state index in [0.717, 1.165) is 16.7 Å². The Bertz CT molecular complexity index is 1370. The van der Waals surface area contributed by atoms with Crippen LogP contribution >= 0.6 is 11.6 Å². The molecule has 3 aromatic carbocycles. The smallest absolute Gasteiger partial charge is 0.323 e. The van der Waals surface area contributed by atoms with Gasteiger partial charge in [-0.3, -0.25) is 0 Å². The Morgan fingerprint density at radius 2 is 1.69 bits per heavy atom. The normalized spacial score (nSPS) is 20.4. The molecule has 1 aliphatic rings. The Morgan fingerprint density at radius 1 is 1.03 bits per heavy atom. The van der Waals surface area contributed by atoms with Crippen molar-refractivity contribution in [2.45, 2.75) is 43.6 Å². The minimum absolute atomic E-state index is 0.157. The molecular weight excluding hydrogens is 484 g/mol. The Kier molecular flexibility index (Phi) is 6.95. The van der Waals surface area contributed by atoms with Crippen LogP contribution in [-0.4, -0.2) is 31.4 Å². The van der Waals surface area contributed by atoms with Crippen LogP contribution in [0.4, 0.5) is 16.2 Å². The average molecular weight is 513 g/mol. The first-order valence-corrected chi connectivity index (χ1v) is 13.5. The van der Waals surface area contributed by atoms with Crippen LogP contribution in [0.2, 0.25) is 0 Å². The quantitative estimate of drug-likeness (QED) is 0.392. The first-order chi connectivity index (χ1) is 16.5. The maximum absolute atomic E-state index is 13.2. The highest BCUT2D eigenvalue weighted by atomic mass is 35.5. The largest absolute Gasteiger partial charge is 0.392 e. The summed E-state index contributed by atoms with van der Waals surface area (Å²) in [5.74, 6) is -0.395. The van der Waals surface area contributed by atoms with Crippen molar-refractivity contribution in [2.24, 2.45) is 5.41 Å². The molecule has 2 atom stereocenters. The topological polar surface area (TPSA) is 95.5 Å². The second-order valence-electron chi connectivity index (χ2n) is 9.75. The molecule has 1 aliphatic heterocycles. The van der Waals surface area contributed by atoms with Gasteiger partial charge in [-0.15, -0.1) is 11.6 Å². The van der Waals surface area contributed by atoms with E-state index in [1.54, 1.807) is 56.3 Å². The van der Waals surface area contributed by atoms with E-state index in [2.05, 4.69) is 10.6 Å². The van der Waals surface area contributed by atoms with Gasteiger partial charge >= 0.3 is 6.03 Å². The molecule has 2 amide bonds. The molecule has 35 heavy (non-hydrogen) atoms. The van der Waals surface area contributed by atoms with Crippen LogP contribution in [-0.2, 0) is 15.7 Å². The van der Waals surface area contributed by atoms with Gasteiger partial charge in [0.05, 0.1) is 16.8 Å². The van der Waals surface area contributed by atoms with E-state index in [-0.39, 0.29) is 10.6 Å². The summed E-state index contributed by atoms with van der Waals surface area (Å²) in [6, 6.07) is 19.2. The summed E-state index contributed by atoms with van der Waals surface area (Å²) in [5, 5.41) is 17.1. The Morgan fingerprint density at radius 3 is 2.37 bits per heavy atom. The van der Waals surface area contributed by atoms with E-state index in [4.69, 9.17) is 11.6 Å². The van der Waals surface area contributed by atoms with Gasteiger partial charge in [-0.2, -0.15) is 0 Å². The van der Waals surface area contributed by atoms with Crippen molar-refractivity contribution in [3.8, 4) is 0 Å². The lowest BCUT2D eigenvalue weighted by molar-refractivity contribution is 0.0521. The number of rotatable bonds is 4. The highest BCUT2D eigenvalue weighted by Gasteiger charge is 2.45.